The van der Waals surface area contributed by atoms with Crippen LogP contribution in [0.25, 0.3) is 110 Å². The summed E-state index contributed by atoms with van der Waals surface area (Å²) in [6.45, 7) is 0. The van der Waals surface area contributed by atoms with Crippen molar-refractivity contribution in [1.29, 1.82) is 0 Å². The van der Waals surface area contributed by atoms with Crippen LogP contribution in [0.5, 0.6) is 0 Å². The highest BCUT2D eigenvalue weighted by atomic mass is 15.0. The van der Waals surface area contributed by atoms with Gasteiger partial charge in [0.15, 0.2) is 0 Å². The third-order valence-corrected chi connectivity index (χ3v) is 11.2. The van der Waals surface area contributed by atoms with E-state index in [2.05, 4.69) is 179 Å². The SMILES string of the molecule is c1ccc2cc(-n3c4ccc5ccccc5c4c4ccc5c(c6ccccc6n5-c5ccc6c(c5)-c5cccc7cccc-6c57)c43)ccc2c1. The van der Waals surface area contributed by atoms with Crippen molar-refractivity contribution in [3.8, 4) is 33.6 Å². The number of fused-ring (bicyclic) bond motifs is 13. The minimum absolute atomic E-state index is 1.17. The Morgan fingerprint density at radius 3 is 1.80 bits per heavy atom. The number of para-hydroxylation sites is 1. The number of benzene rings is 9. The van der Waals surface area contributed by atoms with Crippen molar-refractivity contribution in [2.24, 2.45) is 0 Å². The van der Waals surface area contributed by atoms with Crippen molar-refractivity contribution < 1.29 is 0 Å². The minimum atomic E-state index is 1.17. The Labute approximate surface area is 287 Å². The fourth-order valence-corrected chi connectivity index (χ4v) is 9.11. The predicted octanol–water partition coefficient (Wildman–Crippen LogP) is 13.0. The molecule has 0 atom stereocenters. The Morgan fingerprint density at radius 2 is 0.920 bits per heavy atom. The van der Waals surface area contributed by atoms with Crippen LogP contribution in [0, 0.1) is 0 Å². The number of nitrogens with zero attached hydrogens (tertiary/aromatic N) is 2. The van der Waals surface area contributed by atoms with Crippen molar-refractivity contribution >= 4 is 75.9 Å². The molecule has 0 bridgehead atoms. The molecule has 0 saturated heterocycles. The molecule has 230 valence electrons. The maximum Gasteiger partial charge on any atom is 0.0641 e. The van der Waals surface area contributed by atoms with Crippen LogP contribution in [-0.2, 0) is 0 Å². The molecule has 11 aromatic rings. The Hall–Kier alpha value is -6.64. The van der Waals surface area contributed by atoms with Gasteiger partial charge >= 0.3 is 0 Å². The van der Waals surface area contributed by atoms with Gasteiger partial charge in [0.2, 0.25) is 0 Å². The second-order valence-corrected chi connectivity index (χ2v) is 13.7. The second kappa shape index (κ2) is 9.49. The average Bonchev–Trinajstić information content (AvgIpc) is 3.81. The van der Waals surface area contributed by atoms with Crippen molar-refractivity contribution in [3.05, 3.63) is 170 Å². The van der Waals surface area contributed by atoms with Crippen molar-refractivity contribution in [2.75, 3.05) is 0 Å². The molecular weight excluding hydrogens is 605 g/mol. The van der Waals surface area contributed by atoms with E-state index in [1.165, 1.54) is 110 Å². The summed E-state index contributed by atoms with van der Waals surface area (Å²) in [5.74, 6) is 0. The minimum Gasteiger partial charge on any atom is -0.309 e. The van der Waals surface area contributed by atoms with E-state index >= 15 is 0 Å². The van der Waals surface area contributed by atoms with E-state index < -0.39 is 0 Å². The van der Waals surface area contributed by atoms with Gasteiger partial charge in [-0.3, -0.25) is 0 Å². The van der Waals surface area contributed by atoms with Gasteiger partial charge in [-0.25, -0.2) is 0 Å². The number of hydrogen-bond acceptors (Lipinski definition) is 0. The fourth-order valence-electron chi connectivity index (χ4n) is 9.11. The number of aromatic nitrogens is 2. The van der Waals surface area contributed by atoms with E-state index in [1.54, 1.807) is 0 Å². The Morgan fingerprint density at radius 1 is 0.280 bits per heavy atom. The lowest BCUT2D eigenvalue weighted by atomic mass is 10.0. The van der Waals surface area contributed by atoms with Crippen LogP contribution in [0.2, 0.25) is 0 Å². The van der Waals surface area contributed by atoms with E-state index in [0.29, 0.717) is 0 Å². The van der Waals surface area contributed by atoms with Crippen molar-refractivity contribution in [3.63, 3.8) is 0 Å². The van der Waals surface area contributed by atoms with Gasteiger partial charge in [-0.2, -0.15) is 0 Å². The Balaban J connectivity index is 1.23. The largest absolute Gasteiger partial charge is 0.309 e. The molecule has 2 aromatic heterocycles. The predicted molar refractivity (Wildman–Crippen MR) is 212 cm³/mol. The van der Waals surface area contributed by atoms with Gasteiger partial charge < -0.3 is 9.13 Å². The lowest BCUT2D eigenvalue weighted by Crippen LogP contribution is -1.96. The summed E-state index contributed by atoms with van der Waals surface area (Å²) in [4.78, 5) is 0. The zero-order valence-corrected chi connectivity index (χ0v) is 27.1. The van der Waals surface area contributed by atoms with Gasteiger partial charge in [-0.1, -0.05) is 127 Å². The summed E-state index contributed by atoms with van der Waals surface area (Å²) >= 11 is 0. The fraction of sp³-hybridized carbons (Fsp3) is 0. The van der Waals surface area contributed by atoms with E-state index in [0.717, 1.165) is 0 Å². The van der Waals surface area contributed by atoms with Gasteiger partial charge in [-0.15, -0.1) is 0 Å². The molecule has 50 heavy (non-hydrogen) atoms. The molecular formula is C48H28N2. The molecule has 0 saturated carbocycles. The summed E-state index contributed by atoms with van der Waals surface area (Å²) in [5.41, 5.74) is 12.5. The van der Waals surface area contributed by atoms with E-state index in [9.17, 15) is 0 Å². The quantitative estimate of drug-likeness (QED) is 0.179. The van der Waals surface area contributed by atoms with Crippen molar-refractivity contribution in [2.45, 2.75) is 0 Å². The monoisotopic (exact) mass is 632 g/mol. The van der Waals surface area contributed by atoms with Gasteiger partial charge in [0.25, 0.3) is 0 Å². The normalized spacial score (nSPS) is 12.4. The molecule has 1 aliphatic carbocycles. The van der Waals surface area contributed by atoms with Crippen LogP contribution < -0.4 is 0 Å². The third-order valence-electron chi connectivity index (χ3n) is 11.2. The van der Waals surface area contributed by atoms with Gasteiger partial charge in [-0.05, 0) is 97.0 Å². The molecule has 2 nitrogen and oxygen atoms in total. The van der Waals surface area contributed by atoms with Crippen LogP contribution >= 0.6 is 0 Å². The molecule has 0 amide bonds. The highest BCUT2D eigenvalue weighted by Gasteiger charge is 2.25. The molecule has 1 aliphatic rings. The number of rotatable bonds is 2. The molecule has 9 aromatic carbocycles. The van der Waals surface area contributed by atoms with Crippen LogP contribution in [-0.4, -0.2) is 9.13 Å². The van der Waals surface area contributed by atoms with E-state index in [4.69, 9.17) is 0 Å². The summed E-state index contributed by atoms with van der Waals surface area (Å²) in [6, 6.07) is 63.0. The zero-order valence-electron chi connectivity index (χ0n) is 27.1. The molecule has 0 spiro atoms. The second-order valence-electron chi connectivity index (χ2n) is 13.7. The van der Waals surface area contributed by atoms with Crippen LogP contribution in [0.15, 0.2) is 170 Å². The molecule has 2 heteroatoms. The first-order valence-corrected chi connectivity index (χ1v) is 17.4. The average molecular weight is 633 g/mol. The maximum absolute atomic E-state index is 2.52. The Bertz CT molecular complexity index is 3260. The first-order chi connectivity index (χ1) is 24.8. The summed E-state index contributed by atoms with van der Waals surface area (Å²) in [7, 11) is 0. The van der Waals surface area contributed by atoms with Gasteiger partial charge in [0.1, 0.15) is 0 Å². The van der Waals surface area contributed by atoms with Crippen LogP contribution in [0.4, 0.5) is 0 Å². The first-order valence-electron chi connectivity index (χ1n) is 17.4. The van der Waals surface area contributed by atoms with Crippen molar-refractivity contribution in [1.82, 2.24) is 9.13 Å². The Kier molecular flexibility index (Phi) is 5.00. The lowest BCUT2D eigenvalue weighted by molar-refractivity contribution is 1.18. The topological polar surface area (TPSA) is 9.86 Å². The smallest absolute Gasteiger partial charge is 0.0641 e. The molecule has 0 aliphatic heterocycles. The van der Waals surface area contributed by atoms with Crippen LogP contribution in [0.3, 0.4) is 0 Å². The summed E-state index contributed by atoms with van der Waals surface area (Å²) in [6.07, 6.45) is 0. The standard InChI is InChI=1S/C48H28N2/c1-2-11-32-27-33(21-19-29(32)9-1)50-43-25-20-30-10-3-4-14-35(30)46(43)40-24-26-44-47(48(40)50)39-15-5-6-18-42(39)49(44)34-22-23-36-37-16-7-12-31-13-8-17-38(45(31)37)41(36)28-34/h1-28H. The van der Waals surface area contributed by atoms with Gasteiger partial charge in [0.05, 0.1) is 22.1 Å². The molecule has 0 radical (unpaired) electrons. The molecule has 0 unspecified atom stereocenters. The highest BCUT2D eigenvalue weighted by Crippen LogP contribution is 2.49. The van der Waals surface area contributed by atoms with E-state index in [1.807, 2.05) is 0 Å². The van der Waals surface area contributed by atoms with Gasteiger partial charge in [0, 0.05) is 32.9 Å². The maximum atomic E-state index is 2.52. The lowest BCUT2D eigenvalue weighted by Gasteiger charge is -2.12. The number of hydrogen-bond donors (Lipinski definition) is 0. The van der Waals surface area contributed by atoms with Crippen LogP contribution in [0.1, 0.15) is 0 Å². The highest BCUT2D eigenvalue weighted by molar-refractivity contribution is 6.30. The van der Waals surface area contributed by atoms with E-state index in [-0.39, 0.29) is 0 Å². The third kappa shape index (κ3) is 3.32. The zero-order chi connectivity index (χ0) is 32.5. The molecule has 12 rings (SSSR count). The molecule has 0 fully saturated rings. The molecule has 0 N–H and O–H groups in total. The summed E-state index contributed by atoms with van der Waals surface area (Å²) in [5, 5.41) is 12.8. The molecule has 2 heterocycles. The summed E-state index contributed by atoms with van der Waals surface area (Å²) < 4.78 is 5.00. The first kappa shape index (κ1) is 26.3.